The van der Waals surface area contributed by atoms with Gasteiger partial charge in [-0.3, -0.25) is 5.10 Å². The van der Waals surface area contributed by atoms with Gasteiger partial charge in [-0.2, -0.15) is 13.2 Å². The van der Waals surface area contributed by atoms with Gasteiger partial charge in [0.2, 0.25) is 11.8 Å². The Balaban J connectivity index is 2.30. The van der Waals surface area contributed by atoms with Crippen molar-refractivity contribution in [2.24, 2.45) is 0 Å². The van der Waals surface area contributed by atoms with Gasteiger partial charge in [-0.25, -0.2) is 4.98 Å². The molecule has 0 aromatic carbocycles. The number of H-pyrrole nitrogens is 1. The maximum atomic E-state index is 12.5. The highest BCUT2D eigenvalue weighted by molar-refractivity contribution is 5.35. The van der Waals surface area contributed by atoms with Crippen molar-refractivity contribution in [2.75, 3.05) is 0 Å². The highest BCUT2D eigenvalue weighted by Crippen LogP contribution is 2.32. The van der Waals surface area contributed by atoms with Gasteiger partial charge in [0.15, 0.2) is 0 Å². The first-order valence-corrected chi connectivity index (χ1v) is 5.52. The molecular weight excluding hydrogens is 259 g/mol. The molecule has 7 heteroatoms. The standard InChI is InChI=1S/C12H12F3N3O/c1-6-4-9(12(13,14)15)5-16-10(6)19-11-7(2)8(3)17-18-11/h4-5H,1-3H3,(H,17,18). The summed E-state index contributed by atoms with van der Waals surface area (Å²) in [5.41, 5.74) is 1.13. The zero-order chi connectivity index (χ0) is 14.2. The molecule has 0 spiro atoms. The van der Waals surface area contributed by atoms with Crippen LogP contribution in [0.15, 0.2) is 12.3 Å². The van der Waals surface area contributed by atoms with Gasteiger partial charge in [-0.15, -0.1) is 5.10 Å². The number of rotatable bonds is 2. The van der Waals surface area contributed by atoms with Gasteiger partial charge in [0.05, 0.1) is 5.56 Å². The third kappa shape index (κ3) is 2.69. The molecule has 2 aromatic heterocycles. The Morgan fingerprint density at radius 1 is 1.16 bits per heavy atom. The van der Waals surface area contributed by atoms with Gasteiger partial charge in [0.1, 0.15) is 0 Å². The fourth-order valence-corrected chi connectivity index (χ4v) is 1.48. The molecule has 0 saturated carbocycles. The lowest BCUT2D eigenvalue weighted by molar-refractivity contribution is -0.137. The molecule has 1 N–H and O–H groups in total. The van der Waals surface area contributed by atoms with Gasteiger partial charge in [0.25, 0.3) is 0 Å². The topological polar surface area (TPSA) is 50.8 Å². The number of ether oxygens (including phenoxy) is 1. The summed E-state index contributed by atoms with van der Waals surface area (Å²) in [6, 6.07) is 0.997. The average Bonchev–Trinajstić information content (AvgIpc) is 2.62. The minimum atomic E-state index is -4.41. The van der Waals surface area contributed by atoms with E-state index >= 15 is 0 Å². The van der Waals surface area contributed by atoms with E-state index in [-0.39, 0.29) is 5.88 Å². The zero-order valence-corrected chi connectivity index (χ0v) is 10.6. The normalized spacial score (nSPS) is 11.7. The second kappa shape index (κ2) is 4.56. The van der Waals surface area contributed by atoms with Crippen molar-refractivity contribution in [3.8, 4) is 11.8 Å². The molecule has 4 nitrogen and oxygen atoms in total. The molecular formula is C12H12F3N3O. The summed E-state index contributed by atoms with van der Waals surface area (Å²) < 4.78 is 42.9. The van der Waals surface area contributed by atoms with Crippen molar-refractivity contribution in [2.45, 2.75) is 26.9 Å². The van der Waals surface area contributed by atoms with E-state index in [0.717, 1.165) is 23.5 Å². The third-order valence-electron chi connectivity index (χ3n) is 2.76. The van der Waals surface area contributed by atoms with Crippen LogP contribution in [0.4, 0.5) is 13.2 Å². The van der Waals surface area contributed by atoms with Crippen LogP contribution in [-0.4, -0.2) is 15.2 Å². The maximum absolute atomic E-state index is 12.5. The molecule has 19 heavy (non-hydrogen) atoms. The number of nitrogens with one attached hydrogen (secondary N) is 1. The summed E-state index contributed by atoms with van der Waals surface area (Å²) in [7, 11) is 0. The SMILES string of the molecule is Cc1cc(C(F)(F)F)cnc1Oc1n[nH]c(C)c1C. The molecule has 0 bridgehead atoms. The van der Waals surface area contributed by atoms with E-state index in [1.54, 1.807) is 6.92 Å². The monoisotopic (exact) mass is 271 g/mol. The highest BCUT2D eigenvalue weighted by atomic mass is 19.4. The molecule has 0 saturated heterocycles. The number of hydrogen-bond acceptors (Lipinski definition) is 3. The van der Waals surface area contributed by atoms with E-state index in [1.165, 1.54) is 6.92 Å². The van der Waals surface area contributed by atoms with Crippen LogP contribution in [-0.2, 0) is 6.18 Å². The van der Waals surface area contributed by atoms with Crippen LogP contribution < -0.4 is 4.74 Å². The van der Waals surface area contributed by atoms with Crippen LogP contribution >= 0.6 is 0 Å². The first kappa shape index (κ1) is 13.4. The number of alkyl halides is 3. The van der Waals surface area contributed by atoms with Crippen molar-refractivity contribution in [1.29, 1.82) is 0 Å². The average molecular weight is 271 g/mol. The number of aromatic nitrogens is 3. The van der Waals surface area contributed by atoms with Gasteiger partial charge in [-0.05, 0) is 26.8 Å². The molecule has 0 unspecified atom stereocenters. The summed E-state index contributed by atoms with van der Waals surface area (Å²) in [5, 5.41) is 6.64. The quantitative estimate of drug-likeness (QED) is 0.908. The largest absolute Gasteiger partial charge is 0.419 e. The Morgan fingerprint density at radius 2 is 1.84 bits per heavy atom. The van der Waals surface area contributed by atoms with Crippen LogP contribution in [0.2, 0.25) is 0 Å². The number of hydrogen-bond donors (Lipinski definition) is 1. The number of aromatic amines is 1. The number of aryl methyl sites for hydroxylation is 2. The highest BCUT2D eigenvalue weighted by Gasteiger charge is 2.31. The Kier molecular flexibility index (Phi) is 3.21. The van der Waals surface area contributed by atoms with Crippen LogP contribution in [0.25, 0.3) is 0 Å². The van der Waals surface area contributed by atoms with Gasteiger partial charge in [-0.1, -0.05) is 0 Å². The Morgan fingerprint density at radius 3 is 2.32 bits per heavy atom. The molecule has 0 aliphatic rings. The Bertz CT molecular complexity index is 605. The molecule has 0 amide bonds. The van der Waals surface area contributed by atoms with Gasteiger partial charge in [0, 0.05) is 23.0 Å². The lowest BCUT2D eigenvalue weighted by Gasteiger charge is -2.10. The number of nitrogens with zero attached hydrogens (tertiary/aromatic N) is 2. The number of pyridine rings is 1. The van der Waals surface area contributed by atoms with Crippen molar-refractivity contribution < 1.29 is 17.9 Å². The minimum absolute atomic E-state index is 0.114. The number of halogens is 3. The maximum Gasteiger partial charge on any atom is 0.417 e. The molecule has 0 atom stereocenters. The van der Waals surface area contributed by atoms with Gasteiger partial charge < -0.3 is 4.74 Å². The predicted octanol–water partition coefficient (Wildman–Crippen LogP) is 3.54. The summed E-state index contributed by atoms with van der Waals surface area (Å²) in [5.74, 6) is 0.426. The molecule has 0 aliphatic carbocycles. The summed E-state index contributed by atoms with van der Waals surface area (Å²) in [6.07, 6.45) is -3.66. The fourth-order valence-electron chi connectivity index (χ4n) is 1.48. The molecule has 2 heterocycles. The predicted molar refractivity (Wildman–Crippen MR) is 62.1 cm³/mol. The van der Waals surface area contributed by atoms with E-state index < -0.39 is 11.7 Å². The van der Waals surface area contributed by atoms with Crippen molar-refractivity contribution >= 4 is 0 Å². The Hall–Kier alpha value is -2.05. The van der Waals surface area contributed by atoms with Crippen molar-refractivity contribution in [3.63, 3.8) is 0 Å². The zero-order valence-electron chi connectivity index (χ0n) is 10.6. The first-order valence-electron chi connectivity index (χ1n) is 5.52. The van der Waals surface area contributed by atoms with Gasteiger partial charge >= 0.3 is 6.18 Å². The molecule has 2 aromatic rings. The van der Waals surface area contributed by atoms with E-state index in [4.69, 9.17) is 4.74 Å². The fraction of sp³-hybridized carbons (Fsp3) is 0.333. The summed E-state index contributed by atoms with van der Waals surface area (Å²) in [6.45, 7) is 5.13. The second-order valence-corrected chi connectivity index (χ2v) is 4.22. The van der Waals surface area contributed by atoms with E-state index in [0.29, 0.717) is 11.4 Å². The van der Waals surface area contributed by atoms with Crippen LogP contribution in [0, 0.1) is 20.8 Å². The first-order chi connectivity index (χ1) is 8.79. The molecule has 102 valence electrons. The molecule has 0 radical (unpaired) electrons. The van der Waals surface area contributed by atoms with Crippen LogP contribution in [0.1, 0.15) is 22.4 Å². The van der Waals surface area contributed by atoms with Crippen LogP contribution in [0.3, 0.4) is 0 Å². The molecule has 0 aliphatic heterocycles. The lowest BCUT2D eigenvalue weighted by atomic mass is 10.2. The van der Waals surface area contributed by atoms with E-state index in [2.05, 4.69) is 15.2 Å². The third-order valence-corrected chi connectivity index (χ3v) is 2.76. The lowest BCUT2D eigenvalue weighted by Crippen LogP contribution is -2.06. The summed E-state index contributed by atoms with van der Waals surface area (Å²) in [4.78, 5) is 3.69. The van der Waals surface area contributed by atoms with E-state index in [9.17, 15) is 13.2 Å². The van der Waals surface area contributed by atoms with Crippen LogP contribution in [0.5, 0.6) is 11.8 Å². The minimum Gasteiger partial charge on any atom is -0.419 e. The molecule has 0 fully saturated rings. The van der Waals surface area contributed by atoms with E-state index in [1.807, 2.05) is 6.92 Å². The summed E-state index contributed by atoms with van der Waals surface area (Å²) >= 11 is 0. The molecule has 2 rings (SSSR count). The van der Waals surface area contributed by atoms with Crippen molar-refractivity contribution in [1.82, 2.24) is 15.2 Å². The van der Waals surface area contributed by atoms with Crippen molar-refractivity contribution in [3.05, 3.63) is 34.6 Å². The smallest absolute Gasteiger partial charge is 0.417 e. The second-order valence-electron chi connectivity index (χ2n) is 4.22. The Labute approximate surface area is 107 Å².